The molecule has 2 heterocycles. The van der Waals surface area contributed by atoms with Crippen molar-refractivity contribution in [3.63, 3.8) is 0 Å². The van der Waals surface area contributed by atoms with Crippen molar-refractivity contribution in [2.45, 2.75) is 26.6 Å². The Morgan fingerprint density at radius 2 is 1.81 bits per heavy atom. The summed E-state index contributed by atoms with van der Waals surface area (Å²) in [5.41, 5.74) is 3.21. The van der Waals surface area contributed by atoms with Gasteiger partial charge in [-0.25, -0.2) is 9.37 Å². The van der Waals surface area contributed by atoms with Crippen LogP contribution in [-0.4, -0.2) is 25.3 Å². The van der Waals surface area contributed by atoms with E-state index in [0.29, 0.717) is 36.6 Å². The minimum absolute atomic E-state index is 0.0932. The fourth-order valence-corrected chi connectivity index (χ4v) is 3.41. The van der Waals surface area contributed by atoms with Crippen molar-refractivity contribution in [2.24, 2.45) is 0 Å². The molecule has 0 unspecified atom stereocenters. The summed E-state index contributed by atoms with van der Waals surface area (Å²) in [6, 6.07) is 18.0. The zero-order valence-corrected chi connectivity index (χ0v) is 17.3. The van der Waals surface area contributed by atoms with E-state index in [4.69, 9.17) is 0 Å². The molecule has 1 amide bonds. The van der Waals surface area contributed by atoms with Crippen LogP contribution in [0.25, 0.3) is 0 Å². The standard InChI is InChI=1S/C25H23FN4O/c1-19-8-10-21(11-9-19)25(31)30(16-20-5-4-12-27-15-20)18-24-28-13-14-29(24)17-22-6-2-3-7-23(22)26/h2-15H,16-18H2,1H3. The molecular weight excluding hydrogens is 391 g/mol. The average molecular weight is 414 g/mol. The van der Waals surface area contributed by atoms with E-state index in [1.165, 1.54) is 6.07 Å². The zero-order chi connectivity index (χ0) is 21.6. The van der Waals surface area contributed by atoms with Gasteiger partial charge in [0.1, 0.15) is 11.6 Å². The van der Waals surface area contributed by atoms with E-state index in [9.17, 15) is 9.18 Å². The monoisotopic (exact) mass is 414 g/mol. The largest absolute Gasteiger partial charge is 0.329 e. The Hall–Kier alpha value is -3.80. The molecule has 0 atom stereocenters. The summed E-state index contributed by atoms with van der Waals surface area (Å²) < 4.78 is 16.0. The van der Waals surface area contributed by atoms with Gasteiger partial charge in [0.2, 0.25) is 0 Å². The fraction of sp³-hybridized carbons (Fsp3) is 0.160. The number of pyridine rings is 1. The van der Waals surface area contributed by atoms with Crippen LogP contribution in [0.15, 0.2) is 85.5 Å². The second kappa shape index (κ2) is 9.34. The third-order valence-corrected chi connectivity index (χ3v) is 5.11. The van der Waals surface area contributed by atoms with Gasteiger partial charge in [0.05, 0.1) is 13.1 Å². The number of amides is 1. The van der Waals surface area contributed by atoms with Crippen LogP contribution in [0.1, 0.15) is 32.9 Å². The molecule has 4 aromatic rings. The molecule has 0 spiro atoms. The predicted octanol–water partition coefficient (Wildman–Crippen LogP) is 4.62. The molecule has 0 radical (unpaired) electrons. The van der Waals surface area contributed by atoms with E-state index in [-0.39, 0.29) is 11.7 Å². The second-order valence-electron chi connectivity index (χ2n) is 7.45. The molecule has 0 N–H and O–H groups in total. The first kappa shape index (κ1) is 20.5. The molecule has 0 bridgehead atoms. The van der Waals surface area contributed by atoms with E-state index < -0.39 is 0 Å². The van der Waals surface area contributed by atoms with Gasteiger partial charge in [-0.3, -0.25) is 9.78 Å². The maximum Gasteiger partial charge on any atom is 0.254 e. The van der Waals surface area contributed by atoms with Crippen LogP contribution in [0.5, 0.6) is 0 Å². The Bertz CT molecular complexity index is 1160. The van der Waals surface area contributed by atoms with Gasteiger partial charge in [0, 0.05) is 42.5 Å². The minimum Gasteiger partial charge on any atom is -0.329 e. The number of hydrogen-bond donors (Lipinski definition) is 0. The first-order valence-corrected chi connectivity index (χ1v) is 10.1. The van der Waals surface area contributed by atoms with Crippen molar-refractivity contribution in [3.05, 3.63) is 119 Å². The number of carbonyl (C=O) groups is 1. The van der Waals surface area contributed by atoms with Gasteiger partial charge in [-0.15, -0.1) is 0 Å². The van der Waals surface area contributed by atoms with Gasteiger partial charge in [0.25, 0.3) is 5.91 Å². The smallest absolute Gasteiger partial charge is 0.254 e. The number of nitrogens with zero attached hydrogens (tertiary/aromatic N) is 4. The summed E-state index contributed by atoms with van der Waals surface area (Å²) in [5.74, 6) is 0.335. The predicted molar refractivity (Wildman–Crippen MR) is 117 cm³/mol. The topological polar surface area (TPSA) is 51.0 Å². The van der Waals surface area contributed by atoms with Crippen molar-refractivity contribution in [1.29, 1.82) is 0 Å². The van der Waals surface area contributed by atoms with Gasteiger partial charge in [-0.2, -0.15) is 0 Å². The average Bonchev–Trinajstić information content (AvgIpc) is 3.22. The van der Waals surface area contributed by atoms with Crippen LogP contribution in [0, 0.1) is 12.7 Å². The molecule has 5 nitrogen and oxygen atoms in total. The number of hydrogen-bond acceptors (Lipinski definition) is 3. The highest BCUT2D eigenvalue weighted by atomic mass is 19.1. The number of benzene rings is 2. The third kappa shape index (κ3) is 5.04. The van der Waals surface area contributed by atoms with E-state index in [1.807, 2.05) is 54.0 Å². The lowest BCUT2D eigenvalue weighted by atomic mass is 10.1. The Balaban J connectivity index is 1.61. The van der Waals surface area contributed by atoms with Crippen molar-refractivity contribution < 1.29 is 9.18 Å². The molecule has 0 saturated heterocycles. The van der Waals surface area contributed by atoms with Crippen LogP contribution in [-0.2, 0) is 19.6 Å². The van der Waals surface area contributed by atoms with Gasteiger partial charge in [-0.05, 0) is 36.8 Å². The highest BCUT2D eigenvalue weighted by Gasteiger charge is 2.19. The molecule has 31 heavy (non-hydrogen) atoms. The number of carbonyl (C=O) groups excluding carboxylic acids is 1. The lowest BCUT2D eigenvalue weighted by molar-refractivity contribution is 0.0723. The molecule has 0 aliphatic carbocycles. The quantitative estimate of drug-likeness (QED) is 0.444. The van der Waals surface area contributed by atoms with Crippen LogP contribution in [0.2, 0.25) is 0 Å². The Kier molecular flexibility index (Phi) is 6.17. The second-order valence-corrected chi connectivity index (χ2v) is 7.45. The van der Waals surface area contributed by atoms with Crippen molar-refractivity contribution >= 4 is 5.91 Å². The first-order valence-electron chi connectivity index (χ1n) is 10.1. The Labute approximate surface area is 180 Å². The number of aromatic nitrogens is 3. The molecule has 6 heteroatoms. The van der Waals surface area contributed by atoms with Crippen LogP contribution in [0.3, 0.4) is 0 Å². The fourth-order valence-electron chi connectivity index (χ4n) is 3.41. The first-order chi connectivity index (χ1) is 15.1. The maximum atomic E-state index is 14.1. The van der Waals surface area contributed by atoms with Crippen LogP contribution in [0.4, 0.5) is 4.39 Å². The van der Waals surface area contributed by atoms with E-state index >= 15 is 0 Å². The van der Waals surface area contributed by atoms with Crippen molar-refractivity contribution in [2.75, 3.05) is 0 Å². The summed E-state index contributed by atoms with van der Waals surface area (Å²) in [6.45, 7) is 3.03. The number of aryl methyl sites for hydroxylation is 1. The molecular formula is C25H23FN4O. The molecule has 0 aliphatic heterocycles. The molecule has 0 fully saturated rings. The van der Waals surface area contributed by atoms with Gasteiger partial charge in [0.15, 0.2) is 0 Å². The number of halogens is 1. The van der Waals surface area contributed by atoms with Gasteiger partial charge < -0.3 is 9.47 Å². The molecule has 2 aromatic heterocycles. The summed E-state index contributed by atoms with van der Waals surface area (Å²) in [7, 11) is 0. The lowest BCUT2D eigenvalue weighted by Crippen LogP contribution is -2.31. The van der Waals surface area contributed by atoms with Gasteiger partial charge in [-0.1, -0.05) is 42.0 Å². The van der Waals surface area contributed by atoms with Gasteiger partial charge >= 0.3 is 0 Å². The molecule has 0 saturated carbocycles. The van der Waals surface area contributed by atoms with Crippen molar-refractivity contribution in [1.82, 2.24) is 19.4 Å². The highest BCUT2D eigenvalue weighted by Crippen LogP contribution is 2.16. The Morgan fingerprint density at radius 3 is 2.55 bits per heavy atom. The molecule has 0 aliphatic rings. The third-order valence-electron chi connectivity index (χ3n) is 5.11. The van der Waals surface area contributed by atoms with Crippen LogP contribution < -0.4 is 0 Å². The van der Waals surface area contributed by atoms with E-state index in [1.54, 1.807) is 41.8 Å². The van der Waals surface area contributed by atoms with E-state index in [0.717, 1.165) is 11.1 Å². The zero-order valence-electron chi connectivity index (χ0n) is 17.3. The normalized spacial score (nSPS) is 10.8. The van der Waals surface area contributed by atoms with E-state index in [2.05, 4.69) is 9.97 Å². The van der Waals surface area contributed by atoms with Crippen molar-refractivity contribution in [3.8, 4) is 0 Å². The maximum absolute atomic E-state index is 14.1. The summed E-state index contributed by atoms with van der Waals surface area (Å²) >= 11 is 0. The minimum atomic E-state index is -0.259. The number of rotatable bonds is 7. The lowest BCUT2D eigenvalue weighted by Gasteiger charge is -2.23. The summed E-state index contributed by atoms with van der Waals surface area (Å²) in [5, 5.41) is 0. The molecule has 2 aromatic carbocycles. The SMILES string of the molecule is Cc1ccc(C(=O)N(Cc2cccnc2)Cc2nccn2Cc2ccccc2F)cc1. The molecule has 4 rings (SSSR count). The highest BCUT2D eigenvalue weighted by molar-refractivity contribution is 5.94. The summed E-state index contributed by atoms with van der Waals surface area (Å²) in [4.78, 5) is 23.7. The van der Waals surface area contributed by atoms with Crippen LogP contribution >= 0.6 is 0 Å². The number of imidazole rings is 1. The summed E-state index contributed by atoms with van der Waals surface area (Å²) in [6.07, 6.45) is 6.94. The Morgan fingerprint density at radius 1 is 1.00 bits per heavy atom. The molecule has 156 valence electrons.